The van der Waals surface area contributed by atoms with E-state index in [2.05, 4.69) is 10.6 Å². The summed E-state index contributed by atoms with van der Waals surface area (Å²) in [7, 11) is 1.70. The van der Waals surface area contributed by atoms with Crippen molar-refractivity contribution in [2.24, 2.45) is 0 Å². The predicted molar refractivity (Wildman–Crippen MR) is 109 cm³/mol. The second kappa shape index (κ2) is 7.84. The Balaban J connectivity index is 1.91. The number of aromatic hydroxyl groups is 2. The fraction of sp³-hybridized carbons (Fsp3) is 0.0909. The molecule has 0 bridgehead atoms. The van der Waals surface area contributed by atoms with Crippen molar-refractivity contribution in [3.05, 3.63) is 71.8 Å². The first-order valence-corrected chi connectivity index (χ1v) is 8.65. The van der Waals surface area contributed by atoms with Gasteiger partial charge in [0.1, 0.15) is 11.5 Å². The number of phenolic OH excluding ortho intramolecular Hbond substituents is 2. The van der Waals surface area contributed by atoms with Gasteiger partial charge in [-0.2, -0.15) is 0 Å². The van der Waals surface area contributed by atoms with E-state index in [1.807, 2.05) is 0 Å². The van der Waals surface area contributed by atoms with E-state index in [-0.39, 0.29) is 23.0 Å². The van der Waals surface area contributed by atoms with Crippen LogP contribution in [0.2, 0.25) is 0 Å². The highest BCUT2D eigenvalue weighted by Crippen LogP contribution is 2.33. The molecule has 142 valence electrons. The van der Waals surface area contributed by atoms with Crippen molar-refractivity contribution in [3.8, 4) is 22.6 Å². The number of benzene rings is 3. The molecule has 3 aromatic rings. The zero-order chi connectivity index (χ0) is 20.3. The second-order valence-electron chi connectivity index (χ2n) is 6.30. The van der Waals surface area contributed by atoms with Crippen LogP contribution in [0.4, 0.5) is 11.4 Å². The van der Waals surface area contributed by atoms with Crippen LogP contribution < -0.4 is 10.6 Å². The summed E-state index contributed by atoms with van der Waals surface area (Å²) in [5, 5.41) is 25.5. The highest BCUT2D eigenvalue weighted by atomic mass is 16.3. The molecule has 28 heavy (non-hydrogen) atoms. The van der Waals surface area contributed by atoms with Gasteiger partial charge < -0.3 is 20.8 Å². The Morgan fingerprint density at radius 2 is 1.36 bits per heavy atom. The minimum Gasteiger partial charge on any atom is -0.506 e. The molecule has 6 heteroatoms. The maximum atomic E-state index is 12.6. The summed E-state index contributed by atoms with van der Waals surface area (Å²) in [5.74, 6) is -0.513. The molecule has 0 radical (unpaired) electrons. The highest BCUT2D eigenvalue weighted by molar-refractivity contribution is 6.07. The van der Waals surface area contributed by atoms with Gasteiger partial charge in [0.25, 0.3) is 5.91 Å². The van der Waals surface area contributed by atoms with Crippen LogP contribution in [0, 0.1) is 0 Å². The van der Waals surface area contributed by atoms with Crippen molar-refractivity contribution in [3.63, 3.8) is 0 Å². The zero-order valence-electron chi connectivity index (χ0n) is 15.5. The summed E-state index contributed by atoms with van der Waals surface area (Å²) in [6, 6.07) is 16.3. The Morgan fingerprint density at radius 3 is 1.96 bits per heavy atom. The number of anilines is 2. The molecule has 0 saturated carbocycles. The van der Waals surface area contributed by atoms with E-state index in [0.717, 1.165) is 11.1 Å². The number of rotatable bonds is 5. The lowest BCUT2D eigenvalue weighted by atomic mass is 10.0. The Kier molecular flexibility index (Phi) is 5.31. The Morgan fingerprint density at radius 1 is 0.786 bits per heavy atom. The van der Waals surface area contributed by atoms with E-state index < -0.39 is 5.91 Å². The summed E-state index contributed by atoms with van der Waals surface area (Å²) in [5.41, 5.74) is 3.12. The molecule has 3 rings (SSSR count). The van der Waals surface area contributed by atoms with E-state index in [4.69, 9.17) is 0 Å². The Hall–Kier alpha value is -3.80. The zero-order valence-corrected chi connectivity index (χ0v) is 15.5. The Labute approximate surface area is 162 Å². The second-order valence-corrected chi connectivity index (χ2v) is 6.30. The third-order valence-electron chi connectivity index (χ3n) is 4.38. The molecule has 0 spiro atoms. The lowest BCUT2D eigenvalue weighted by Crippen LogP contribution is -2.12. The van der Waals surface area contributed by atoms with E-state index in [9.17, 15) is 19.8 Å². The van der Waals surface area contributed by atoms with Crippen LogP contribution in [0.25, 0.3) is 11.1 Å². The van der Waals surface area contributed by atoms with Crippen molar-refractivity contribution in [1.82, 2.24) is 0 Å². The monoisotopic (exact) mass is 376 g/mol. The molecular weight excluding hydrogens is 356 g/mol. The van der Waals surface area contributed by atoms with Crippen LogP contribution in [-0.2, 0) is 0 Å². The van der Waals surface area contributed by atoms with Gasteiger partial charge in [-0.1, -0.05) is 24.3 Å². The first-order valence-electron chi connectivity index (χ1n) is 8.65. The molecule has 0 aliphatic heterocycles. The fourth-order valence-corrected chi connectivity index (χ4v) is 2.81. The topological polar surface area (TPSA) is 98.7 Å². The maximum Gasteiger partial charge on any atom is 0.255 e. The van der Waals surface area contributed by atoms with E-state index in [1.54, 1.807) is 55.6 Å². The molecule has 0 heterocycles. The normalized spacial score (nSPS) is 10.4. The number of carbonyl (C=O) groups is 2. The van der Waals surface area contributed by atoms with Crippen LogP contribution in [0.5, 0.6) is 11.5 Å². The summed E-state index contributed by atoms with van der Waals surface area (Å²) >= 11 is 0. The van der Waals surface area contributed by atoms with Gasteiger partial charge in [0.2, 0.25) is 0 Å². The number of Topliss-reactive ketones (excluding diaryl/α,β-unsaturated/α-hetero) is 1. The average molecular weight is 376 g/mol. The summed E-state index contributed by atoms with van der Waals surface area (Å²) in [6.45, 7) is 1.43. The van der Waals surface area contributed by atoms with E-state index >= 15 is 0 Å². The van der Waals surface area contributed by atoms with Gasteiger partial charge in [-0.25, -0.2) is 0 Å². The molecule has 3 aromatic carbocycles. The molecule has 0 fully saturated rings. The first kappa shape index (κ1) is 19.0. The number of nitrogens with one attached hydrogen (secondary N) is 2. The Bertz CT molecular complexity index is 1060. The largest absolute Gasteiger partial charge is 0.506 e. The average Bonchev–Trinajstić information content (AvgIpc) is 2.70. The number of phenols is 2. The minimum atomic E-state index is -0.433. The molecule has 4 N–H and O–H groups in total. The van der Waals surface area contributed by atoms with Gasteiger partial charge in [-0.05, 0) is 54.4 Å². The van der Waals surface area contributed by atoms with Crippen molar-refractivity contribution in [1.29, 1.82) is 0 Å². The number of hydrogen-bond donors (Lipinski definition) is 4. The third kappa shape index (κ3) is 3.96. The minimum absolute atomic E-state index is 0.0764. The SMILES string of the molecule is CNc1cc(-c2ccc(O)c(NC(=O)c3cccc(C(C)=O)c3)c2)ccc1O. The van der Waals surface area contributed by atoms with Gasteiger partial charge in [-0.15, -0.1) is 0 Å². The van der Waals surface area contributed by atoms with E-state index in [1.165, 1.54) is 19.1 Å². The number of amides is 1. The van der Waals surface area contributed by atoms with Crippen molar-refractivity contribution in [2.75, 3.05) is 17.7 Å². The lowest BCUT2D eigenvalue weighted by molar-refractivity contribution is 0.101. The fourth-order valence-electron chi connectivity index (χ4n) is 2.81. The first-order chi connectivity index (χ1) is 13.4. The molecule has 0 aliphatic carbocycles. The highest BCUT2D eigenvalue weighted by Gasteiger charge is 2.12. The standard InChI is InChI=1S/C22H20N2O4/c1-13(25)14-4-3-5-17(10-14)22(28)24-19-12-16(7-9-21(19)27)15-6-8-20(26)18(11-15)23-2/h3-12,23,26-27H,1-2H3,(H,24,28). The lowest BCUT2D eigenvalue weighted by Gasteiger charge is -2.12. The third-order valence-corrected chi connectivity index (χ3v) is 4.38. The van der Waals surface area contributed by atoms with Gasteiger partial charge in [0.15, 0.2) is 5.78 Å². The molecule has 1 amide bonds. The smallest absolute Gasteiger partial charge is 0.255 e. The van der Waals surface area contributed by atoms with Crippen LogP contribution >= 0.6 is 0 Å². The van der Waals surface area contributed by atoms with Crippen LogP contribution in [0.1, 0.15) is 27.6 Å². The van der Waals surface area contributed by atoms with Gasteiger partial charge in [0, 0.05) is 18.2 Å². The van der Waals surface area contributed by atoms with Gasteiger partial charge in [0.05, 0.1) is 11.4 Å². The maximum absolute atomic E-state index is 12.6. The molecule has 0 saturated heterocycles. The number of hydrogen-bond acceptors (Lipinski definition) is 5. The predicted octanol–water partition coefficient (Wildman–Crippen LogP) is 4.26. The number of ketones is 1. The molecular formula is C22H20N2O4. The quantitative estimate of drug-likeness (QED) is 0.394. The van der Waals surface area contributed by atoms with Crippen molar-refractivity contribution < 1.29 is 19.8 Å². The molecule has 6 nitrogen and oxygen atoms in total. The van der Waals surface area contributed by atoms with Crippen LogP contribution in [0.3, 0.4) is 0 Å². The van der Waals surface area contributed by atoms with E-state index in [0.29, 0.717) is 16.8 Å². The molecule has 0 unspecified atom stereocenters. The van der Waals surface area contributed by atoms with Crippen LogP contribution in [-0.4, -0.2) is 29.0 Å². The summed E-state index contributed by atoms with van der Waals surface area (Å²) < 4.78 is 0. The van der Waals surface area contributed by atoms with Gasteiger partial charge in [-0.3, -0.25) is 9.59 Å². The summed E-state index contributed by atoms with van der Waals surface area (Å²) in [4.78, 5) is 24.1. The van der Waals surface area contributed by atoms with Crippen molar-refractivity contribution >= 4 is 23.1 Å². The molecule has 0 aromatic heterocycles. The molecule has 0 atom stereocenters. The molecule has 0 aliphatic rings. The van der Waals surface area contributed by atoms with Crippen molar-refractivity contribution in [2.45, 2.75) is 6.92 Å². The summed E-state index contributed by atoms with van der Waals surface area (Å²) in [6.07, 6.45) is 0. The van der Waals surface area contributed by atoms with Crippen LogP contribution in [0.15, 0.2) is 60.7 Å². The number of carbonyl (C=O) groups excluding carboxylic acids is 2. The van der Waals surface area contributed by atoms with Gasteiger partial charge >= 0.3 is 0 Å².